The monoisotopic (exact) mass is 415 g/mol. The van der Waals surface area contributed by atoms with Crippen LogP contribution in [0.25, 0.3) is 6.08 Å². The van der Waals surface area contributed by atoms with Gasteiger partial charge in [0.25, 0.3) is 11.1 Å². The van der Waals surface area contributed by atoms with Crippen LogP contribution >= 0.6 is 23.4 Å². The molecule has 2 aromatic rings. The third-order valence-electron chi connectivity index (χ3n) is 4.65. The zero-order valence-electron chi connectivity index (χ0n) is 16.3. The van der Waals surface area contributed by atoms with Crippen molar-refractivity contribution in [3.05, 3.63) is 68.6 Å². The first-order chi connectivity index (χ1) is 13.3. The predicted octanol–water partition coefficient (Wildman–Crippen LogP) is 6.02. The smallest absolute Gasteiger partial charge is 0.293 e. The van der Waals surface area contributed by atoms with E-state index >= 15 is 0 Å². The number of imide groups is 1. The summed E-state index contributed by atoms with van der Waals surface area (Å²) in [6, 6.07) is 11.1. The maximum atomic E-state index is 12.8. The molecule has 1 fully saturated rings. The summed E-state index contributed by atoms with van der Waals surface area (Å²) < 4.78 is 5.48. The van der Waals surface area contributed by atoms with Gasteiger partial charge in [0.05, 0.1) is 18.6 Å². The fourth-order valence-electron chi connectivity index (χ4n) is 3.05. The summed E-state index contributed by atoms with van der Waals surface area (Å²) >= 11 is 6.87. The Kier molecular flexibility index (Phi) is 6.16. The first kappa shape index (κ1) is 20.5. The summed E-state index contributed by atoms with van der Waals surface area (Å²) in [5.41, 5.74) is 3.84. The van der Waals surface area contributed by atoms with Crippen LogP contribution in [0.1, 0.15) is 42.0 Å². The summed E-state index contributed by atoms with van der Waals surface area (Å²) in [5, 5.41) is 0.357. The number of methoxy groups -OCH3 is 1. The van der Waals surface area contributed by atoms with Crippen molar-refractivity contribution < 1.29 is 14.3 Å². The number of rotatable bonds is 5. The normalized spacial score (nSPS) is 15.8. The summed E-state index contributed by atoms with van der Waals surface area (Å²) in [6.45, 7) is 6.39. The number of hydrogen-bond donors (Lipinski definition) is 0. The molecule has 1 aliphatic heterocycles. The Hall–Kier alpha value is -2.24. The number of nitrogens with zero attached hydrogens (tertiary/aromatic N) is 1. The van der Waals surface area contributed by atoms with Crippen molar-refractivity contribution in [2.75, 3.05) is 7.11 Å². The number of halogens is 1. The van der Waals surface area contributed by atoms with Gasteiger partial charge in [-0.25, -0.2) is 0 Å². The molecule has 3 rings (SSSR count). The number of aryl methyl sites for hydroxylation is 1. The van der Waals surface area contributed by atoms with Crippen LogP contribution in [-0.4, -0.2) is 23.2 Å². The minimum absolute atomic E-state index is 0.234. The first-order valence-corrected chi connectivity index (χ1v) is 10.2. The van der Waals surface area contributed by atoms with Crippen LogP contribution in [0.2, 0.25) is 5.02 Å². The molecular weight excluding hydrogens is 394 g/mol. The van der Waals surface area contributed by atoms with Crippen LogP contribution in [0.15, 0.2) is 41.3 Å². The number of hydrogen-bond acceptors (Lipinski definition) is 4. The SMILES string of the molecule is COc1cc(C)c(C=C2SC(=O)N(Cc3ccc(Cl)cc3)C2=O)cc1C(C)C. The van der Waals surface area contributed by atoms with Crippen molar-refractivity contribution in [1.29, 1.82) is 0 Å². The van der Waals surface area contributed by atoms with E-state index in [2.05, 4.69) is 13.8 Å². The summed E-state index contributed by atoms with van der Waals surface area (Å²) in [5.74, 6) is 0.842. The number of carbonyl (C=O) groups is 2. The summed E-state index contributed by atoms with van der Waals surface area (Å²) in [4.78, 5) is 26.9. The van der Waals surface area contributed by atoms with Gasteiger partial charge in [-0.05, 0) is 77.2 Å². The molecule has 0 aliphatic carbocycles. The highest BCUT2D eigenvalue weighted by atomic mass is 35.5. The third-order valence-corrected chi connectivity index (χ3v) is 5.81. The molecule has 2 aromatic carbocycles. The summed E-state index contributed by atoms with van der Waals surface area (Å²) in [7, 11) is 1.66. The highest BCUT2D eigenvalue weighted by Gasteiger charge is 2.35. The van der Waals surface area contributed by atoms with E-state index in [1.54, 1.807) is 25.3 Å². The van der Waals surface area contributed by atoms with Crippen LogP contribution in [0, 0.1) is 6.92 Å². The van der Waals surface area contributed by atoms with Gasteiger partial charge in [-0.2, -0.15) is 0 Å². The van der Waals surface area contributed by atoms with Gasteiger partial charge in [-0.15, -0.1) is 0 Å². The molecule has 6 heteroatoms. The van der Waals surface area contributed by atoms with E-state index in [9.17, 15) is 9.59 Å². The average molecular weight is 416 g/mol. The van der Waals surface area contributed by atoms with Gasteiger partial charge in [-0.1, -0.05) is 37.6 Å². The fraction of sp³-hybridized carbons (Fsp3) is 0.273. The maximum Gasteiger partial charge on any atom is 0.293 e. The first-order valence-electron chi connectivity index (χ1n) is 8.98. The zero-order valence-corrected chi connectivity index (χ0v) is 17.9. The largest absolute Gasteiger partial charge is 0.496 e. The van der Waals surface area contributed by atoms with Crippen molar-refractivity contribution in [3.8, 4) is 5.75 Å². The van der Waals surface area contributed by atoms with Crippen molar-refractivity contribution in [1.82, 2.24) is 4.90 Å². The molecule has 1 heterocycles. The van der Waals surface area contributed by atoms with Gasteiger partial charge in [0.15, 0.2) is 0 Å². The van der Waals surface area contributed by atoms with Gasteiger partial charge in [0.1, 0.15) is 5.75 Å². The van der Waals surface area contributed by atoms with Crippen LogP contribution in [0.3, 0.4) is 0 Å². The Balaban J connectivity index is 1.89. The molecule has 2 amide bonds. The number of carbonyl (C=O) groups excluding carboxylic acids is 2. The van der Waals surface area contributed by atoms with Crippen molar-refractivity contribution >= 4 is 40.6 Å². The van der Waals surface area contributed by atoms with Gasteiger partial charge >= 0.3 is 0 Å². The molecule has 0 aromatic heterocycles. The molecular formula is C22H22ClNO3S. The lowest BCUT2D eigenvalue weighted by Gasteiger charge is -2.15. The molecule has 0 unspecified atom stereocenters. The maximum absolute atomic E-state index is 12.8. The van der Waals surface area contributed by atoms with Crippen LogP contribution in [0.4, 0.5) is 4.79 Å². The van der Waals surface area contributed by atoms with Crippen LogP contribution in [0.5, 0.6) is 5.75 Å². The molecule has 4 nitrogen and oxygen atoms in total. The highest BCUT2D eigenvalue weighted by Crippen LogP contribution is 2.36. The second-order valence-corrected chi connectivity index (χ2v) is 8.43. The Bertz CT molecular complexity index is 951. The fourth-order valence-corrected chi connectivity index (χ4v) is 4.00. The van der Waals surface area contributed by atoms with E-state index in [0.717, 1.165) is 39.8 Å². The van der Waals surface area contributed by atoms with Crippen molar-refractivity contribution in [3.63, 3.8) is 0 Å². The highest BCUT2D eigenvalue weighted by molar-refractivity contribution is 8.18. The predicted molar refractivity (Wildman–Crippen MR) is 115 cm³/mol. The van der Waals surface area contributed by atoms with E-state index in [1.165, 1.54) is 4.90 Å². The van der Waals surface area contributed by atoms with Crippen molar-refractivity contribution in [2.45, 2.75) is 33.2 Å². The second-order valence-electron chi connectivity index (χ2n) is 7.00. The standard InChI is InChI=1S/C22H22ClNO3S/c1-13(2)18-10-16(14(3)9-19(18)27-4)11-20-21(25)24(22(26)28-20)12-15-5-7-17(23)8-6-15/h5-11,13H,12H2,1-4H3. The second kappa shape index (κ2) is 8.41. The van der Waals surface area contributed by atoms with Gasteiger partial charge in [0.2, 0.25) is 0 Å². The lowest BCUT2D eigenvalue weighted by molar-refractivity contribution is -0.123. The number of amides is 2. The topological polar surface area (TPSA) is 46.6 Å². The zero-order chi connectivity index (χ0) is 20.4. The minimum Gasteiger partial charge on any atom is -0.496 e. The number of benzene rings is 2. The molecule has 0 bridgehead atoms. The molecule has 1 saturated heterocycles. The molecule has 1 aliphatic rings. The molecule has 28 heavy (non-hydrogen) atoms. The summed E-state index contributed by atoms with van der Waals surface area (Å²) in [6.07, 6.45) is 1.80. The molecule has 0 spiro atoms. The average Bonchev–Trinajstić information content (AvgIpc) is 2.92. The van der Waals surface area contributed by atoms with Crippen molar-refractivity contribution in [2.24, 2.45) is 0 Å². The lowest BCUT2D eigenvalue weighted by atomic mass is 9.96. The minimum atomic E-state index is -0.272. The Morgan fingerprint density at radius 2 is 1.86 bits per heavy atom. The lowest BCUT2D eigenvalue weighted by Crippen LogP contribution is -2.27. The van der Waals surface area contributed by atoms with Crippen LogP contribution in [-0.2, 0) is 11.3 Å². The van der Waals surface area contributed by atoms with E-state index in [-0.39, 0.29) is 23.6 Å². The molecule has 0 atom stereocenters. The van der Waals surface area contributed by atoms with E-state index in [4.69, 9.17) is 16.3 Å². The quantitative estimate of drug-likeness (QED) is 0.560. The van der Waals surface area contributed by atoms with Gasteiger partial charge in [-0.3, -0.25) is 14.5 Å². The molecule has 0 radical (unpaired) electrons. The van der Waals surface area contributed by atoms with Gasteiger partial charge in [0, 0.05) is 5.02 Å². The number of thioether (sulfide) groups is 1. The molecule has 0 saturated carbocycles. The third kappa shape index (κ3) is 4.26. The van der Waals surface area contributed by atoms with Gasteiger partial charge < -0.3 is 4.74 Å². The Morgan fingerprint density at radius 3 is 2.46 bits per heavy atom. The molecule has 146 valence electrons. The van der Waals surface area contributed by atoms with Crippen LogP contribution < -0.4 is 4.74 Å². The van der Waals surface area contributed by atoms with E-state index < -0.39 is 0 Å². The Morgan fingerprint density at radius 1 is 1.18 bits per heavy atom. The van der Waals surface area contributed by atoms with E-state index in [0.29, 0.717) is 9.93 Å². The van der Waals surface area contributed by atoms with E-state index in [1.807, 2.05) is 31.2 Å². The molecule has 0 N–H and O–H groups in total. The number of ether oxygens (including phenoxy) is 1. The Labute approximate surface area is 174 Å².